The van der Waals surface area contributed by atoms with Crippen molar-refractivity contribution in [3.63, 3.8) is 0 Å². The van der Waals surface area contributed by atoms with E-state index in [4.69, 9.17) is 11.6 Å². The molecule has 0 aliphatic carbocycles. The number of nitrogens with zero attached hydrogens (tertiary/aromatic N) is 1. The molecule has 0 aliphatic heterocycles. The Kier molecular flexibility index (Phi) is 6.03. The SMILES string of the molecule is C[C@H](NC(=O)C(=O)N/N=C/c1c(F)cccc1Cl)c1ccccc1. The molecule has 0 unspecified atom stereocenters. The van der Waals surface area contributed by atoms with Gasteiger partial charge in [0.05, 0.1) is 17.3 Å². The van der Waals surface area contributed by atoms with Gasteiger partial charge in [-0.15, -0.1) is 0 Å². The normalized spacial score (nSPS) is 12.0. The quantitative estimate of drug-likeness (QED) is 0.507. The number of rotatable bonds is 4. The molecule has 5 nitrogen and oxygen atoms in total. The number of halogens is 2. The molecule has 0 aromatic heterocycles. The van der Waals surface area contributed by atoms with Crippen molar-refractivity contribution in [3.05, 3.63) is 70.5 Å². The van der Waals surface area contributed by atoms with E-state index in [0.29, 0.717) is 0 Å². The molecule has 2 aromatic carbocycles. The van der Waals surface area contributed by atoms with Gasteiger partial charge in [0.2, 0.25) is 0 Å². The summed E-state index contributed by atoms with van der Waals surface area (Å²) in [6.07, 6.45) is 1.05. The van der Waals surface area contributed by atoms with Crippen LogP contribution in [0.1, 0.15) is 24.1 Å². The van der Waals surface area contributed by atoms with Gasteiger partial charge in [0.25, 0.3) is 0 Å². The van der Waals surface area contributed by atoms with Crippen LogP contribution in [0.25, 0.3) is 0 Å². The van der Waals surface area contributed by atoms with E-state index in [1.54, 1.807) is 6.92 Å². The fourth-order valence-corrected chi connectivity index (χ4v) is 2.14. The van der Waals surface area contributed by atoms with E-state index in [2.05, 4.69) is 10.4 Å². The van der Waals surface area contributed by atoms with Crippen molar-refractivity contribution < 1.29 is 14.0 Å². The van der Waals surface area contributed by atoms with Crippen LogP contribution in [0.5, 0.6) is 0 Å². The lowest BCUT2D eigenvalue weighted by molar-refractivity contribution is -0.139. The summed E-state index contributed by atoms with van der Waals surface area (Å²) < 4.78 is 13.5. The molecule has 1 atom stereocenters. The number of carbonyl (C=O) groups is 2. The van der Waals surface area contributed by atoms with Crippen LogP contribution in [0.2, 0.25) is 5.02 Å². The van der Waals surface area contributed by atoms with Crippen LogP contribution < -0.4 is 10.7 Å². The van der Waals surface area contributed by atoms with E-state index < -0.39 is 17.6 Å². The van der Waals surface area contributed by atoms with Gasteiger partial charge in [-0.25, -0.2) is 9.82 Å². The first-order valence-electron chi connectivity index (χ1n) is 7.12. The molecular weight excluding hydrogens is 333 g/mol. The minimum atomic E-state index is -0.957. The molecule has 0 saturated carbocycles. The number of hydrogen-bond donors (Lipinski definition) is 2. The van der Waals surface area contributed by atoms with Crippen LogP contribution in [0.15, 0.2) is 53.6 Å². The van der Waals surface area contributed by atoms with Crippen LogP contribution >= 0.6 is 11.6 Å². The molecule has 0 saturated heterocycles. The third kappa shape index (κ3) is 4.63. The summed E-state index contributed by atoms with van der Waals surface area (Å²) in [7, 11) is 0. The Morgan fingerprint density at radius 1 is 1.12 bits per heavy atom. The monoisotopic (exact) mass is 347 g/mol. The number of hydrazone groups is 1. The second-order valence-corrected chi connectivity index (χ2v) is 5.35. The highest BCUT2D eigenvalue weighted by Crippen LogP contribution is 2.16. The average molecular weight is 348 g/mol. The third-order valence-electron chi connectivity index (χ3n) is 3.21. The second kappa shape index (κ2) is 8.21. The lowest BCUT2D eigenvalue weighted by Crippen LogP contribution is -2.39. The maximum atomic E-state index is 13.5. The fraction of sp³-hybridized carbons (Fsp3) is 0.118. The number of benzene rings is 2. The van der Waals surface area contributed by atoms with Gasteiger partial charge < -0.3 is 5.32 Å². The van der Waals surface area contributed by atoms with Gasteiger partial charge in [-0.1, -0.05) is 48.0 Å². The minimum Gasteiger partial charge on any atom is -0.341 e. The van der Waals surface area contributed by atoms with Crippen LogP contribution in [0.4, 0.5) is 4.39 Å². The zero-order chi connectivity index (χ0) is 17.5. The summed E-state index contributed by atoms with van der Waals surface area (Å²) >= 11 is 5.82. The first kappa shape index (κ1) is 17.6. The minimum absolute atomic E-state index is 0.0255. The van der Waals surface area contributed by atoms with Crippen molar-refractivity contribution in [1.82, 2.24) is 10.7 Å². The van der Waals surface area contributed by atoms with Gasteiger partial charge in [0.1, 0.15) is 5.82 Å². The zero-order valence-corrected chi connectivity index (χ0v) is 13.5. The molecule has 0 heterocycles. The lowest BCUT2D eigenvalue weighted by atomic mass is 10.1. The summed E-state index contributed by atoms with van der Waals surface area (Å²) in [5.74, 6) is -2.38. The summed E-state index contributed by atoms with van der Waals surface area (Å²) in [5, 5.41) is 6.25. The van der Waals surface area contributed by atoms with E-state index in [1.165, 1.54) is 18.2 Å². The lowest BCUT2D eigenvalue weighted by Gasteiger charge is -2.13. The van der Waals surface area contributed by atoms with Crippen molar-refractivity contribution >= 4 is 29.6 Å². The van der Waals surface area contributed by atoms with Crippen LogP contribution in [-0.4, -0.2) is 18.0 Å². The van der Waals surface area contributed by atoms with Crippen LogP contribution in [0, 0.1) is 5.82 Å². The molecule has 2 aromatic rings. The molecule has 7 heteroatoms. The number of hydrogen-bond acceptors (Lipinski definition) is 3. The molecule has 0 bridgehead atoms. The Morgan fingerprint density at radius 2 is 1.83 bits per heavy atom. The van der Waals surface area contributed by atoms with E-state index in [1.807, 2.05) is 35.8 Å². The predicted octanol–water partition coefficient (Wildman–Crippen LogP) is 2.81. The Morgan fingerprint density at radius 3 is 2.50 bits per heavy atom. The van der Waals surface area contributed by atoms with Gasteiger partial charge in [0, 0.05) is 5.56 Å². The highest BCUT2D eigenvalue weighted by atomic mass is 35.5. The first-order valence-corrected chi connectivity index (χ1v) is 7.49. The summed E-state index contributed by atoms with van der Waals surface area (Å²) in [4.78, 5) is 23.5. The first-order chi connectivity index (χ1) is 11.5. The van der Waals surface area contributed by atoms with Crippen molar-refractivity contribution in [2.24, 2.45) is 5.10 Å². The fourth-order valence-electron chi connectivity index (χ4n) is 1.93. The third-order valence-corrected chi connectivity index (χ3v) is 3.54. The summed E-state index contributed by atoms with van der Waals surface area (Å²) in [6.45, 7) is 1.75. The Hall–Kier alpha value is -2.73. The van der Waals surface area contributed by atoms with E-state index in [0.717, 1.165) is 11.8 Å². The van der Waals surface area contributed by atoms with Gasteiger partial charge in [-0.2, -0.15) is 5.10 Å². The molecule has 124 valence electrons. The van der Waals surface area contributed by atoms with Gasteiger partial charge in [-0.05, 0) is 24.6 Å². The molecule has 24 heavy (non-hydrogen) atoms. The molecule has 2 rings (SSSR count). The van der Waals surface area contributed by atoms with Crippen molar-refractivity contribution in [2.45, 2.75) is 13.0 Å². The van der Waals surface area contributed by atoms with Crippen LogP contribution in [0.3, 0.4) is 0 Å². The highest BCUT2D eigenvalue weighted by Gasteiger charge is 2.16. The average Bonchev–Trinajstić information content (AvgIpc) is 2.58. The van der Waals surface area contributed by atoms with E-state index in [9.17, 15) is 14.0 Å². The van der Waals surface area contributed by atoms with Gasteiger partial charge >= 0.3 is 11.8 Å². The van der Waals surface area contributed by atoms with Crippen molar-refractivity contribution in [1.29, 1.82) is 0 Å². The molecule has 0 spiro atoms. The zero-order valence-electron chi connectivity index (χ0n) is 12.8. The van der Waals surface area contributed by atoms with Gasteiger partial charge in [0.15, 0.2) is 0 Å². The molecular formula is C17H15ClFN3O2. The Bertz CT molecular complexity index is 745. The summed E-state index contributed by atoms with van der Waals surface area (Å²) in [6, 6.07) is 13.0. The largest absolute Gasteiger partial charge is 0.341 e. The molecule has 2 N–H and O–H groups in total. The molecule has 0 aliphatic rings. The van der Waals surface area contributed by atoms with Crippen LogP contribution in [-0.2, 0) is 9.59 Å². The molecule has 0 fully saturated rings. The van der Waals surface area contributed by atoms with Crippen molar-refractivity contribution in [2.75, 3.05) is 0 Å². The van der Waals surface area contributed by atoms with Gasteiger partial charge in [-0.3, -0.25) is 9.59 Å². The molecule has 2 amide bonds. The standard InChI is InChI=1S/C17H15ClFN3O2/c1-11(12-6-3-2-4-7-12)21-16(23)17(24)22-20-10-13-14(18)8-5-9-15(13)19/h2-11H,1H3,(H,21,23)(H,22,24)/b20-10+/t11-/m0/s1. The second-order valence-electron chi connectivity index (χ2n) is 4.94. The maximum Gasteiger partial charge on any atom is 0.329 e. The summed E-state index contributed by atoms with van der Waals surface area (Å²) in [5.41, 5.74) is 2.92. The highest BCUT2D eigenvalue weighted by molar-refractivity contribution is 6.35. The smallest absolute Gasteiger partial charge is 0.329 e. The van der Waals surface area contributed by atoms with E-state index in [-0.39, 0.29) is 16.6 Å². The number of carbonyl (C=O) groups excluding carboxylic acids is 2. The maximum absolute atomic E-state index is 13.5. The van der Waals surface area contributed by atoms with Crippen molar-refractivity contribution in [3.8, 4) is 0 Å². The Labute approximate surface area is 143 Å². The van der Waals surface area contributed by atoms with E-state index >= 15 is 0 Å². The number of amides is 2. The topological polar surface area (TPSA) is 70.6 Å². The number of nitrogens with one attached hydrogen (secondary N) is 2. The molecule has 0 radical (unpaired) electrons. The predicted molar refractivity (Wildman–Crippen MR) is 90.1 cm³/mol. The Balaban J connectivity index is 1.92.